The maximum absolute atomic E-state index is 11.4. The molecule has 0 radical (unpaired) electrons. The molecule has 1 amide bonds. The number of primary amides is 1. The van der Waals surface area contributed by atoms with E-state index in [1.165, 1.54) is 0 Å². The molecular weight excluding hydrogens is 300 g/mol. The monoisotopic (exact) mass is 314 g/mol. The molecule has 0 fully saturated rings. The second-order valence-electron chi connectivity index (χ2n) is 4.00. The molecule has 18 heavy (non-hydrogen) atoms. The highest BCUT2D eigenvalue weighted by Crippen LogP contribution is 2.39. The first-order valence-corrected chi connectivity index (χ1v) is 6.48. The van der Waals surface area contributed by atoms with E-state index in [1.54, 1.807) is 13.1 Å². The van der Waals surface area contributed by atoms with Crippen LogP contribution in [0.25, 0.3) is 0 Å². The van der Waals surface area contributed by atoms with Gasteiger partial charge in [0.2, 0.25) is 5.91 Å². The van der Waals surface area contributed by atoms with E-state index >= 15 is 0 Å². The van der Waals surface area contributed by atoms with Gasteiger partial charge in [0.15, 0.2) is 11.5 Å². The third-order valence-electron chi connectivity index (χ3n) is 2.73. The molecule has 0 bridgehead atoms. The standard InChI is InChI=1S/C12H15BrN2O3/c1-15-10(12(14)16)7-5-8(13)11-9(6-7)17-3-2-4-18-11/h5-6,10,15H,2-4H2,1H3,(H2,14,16). The van der Waals surface area contributed by atoms with E-state index in [0.29, 0.717) is 24.7 Å². The molecule has 2 rings (SSSR count). The first kappa shape index (κ1) is 13.2. The molecule has 98 valence electrons. The number of fused-ring (bicyclic) bond motifs is 1. The number of nitrogens with one attached hydrogen (secondary N) is 1. The van der Waals surface area contributed by atoms with Gasteiger partial charge in [-0.3, -0.25) is 4.79 Å². The lowest BCUT2D eigenvalue weighted by atomic mass is 10.1. The van der Waals surface area contributed by atoms with E-state index in [4.69, 9.17) is 15.2 Å². The number of benzene rings is 1. The first-order chi connectivity index (χ1) is 8.63. The van der Waals surface area contributed by atoms with Gasteiger partial charge in [0.25, 0.3) is 0 Å². The highest BCUT2D eigenvalue weighted by atomic mass is 79.9. The van der Waals surface area contributed by atoms with Crippen molar-refractivity contribution in [2.75, 3.05) is 20.3 Å². The molecule has 1 aromatic carbocycles. The van der Waals surface area contributed by atoms with Crippen LogP contribution >= 0.6 is 15.9 Å². The largest absolute Gasteiger partial charge is 0.490 e. The Bertz CT molecular complexity index is 465. The van der Waals surface area contributed by atoms with Crippen molar-refractivity contribution >= 4 is 21.8 Å². The van der Waals surface area contributed by atoms with Gasteiger partial charge in [0, 0.05) is 6.42 Å². The number of ether oxygens (including phenoxy) is 2. The van der Waals surface area contributed by atoms with Crippen molar-refractivity contribution in [3.63, 3.8) is 0 Å². The quantitative estimate of drug-likeness (QED) is 0.883. The maximum atomic E-state index is 11.4. The summed E-state index contributed by atoms with van der Waals surface area (Å²) >= 11 is 3.43. The molecule has 0 saturated carbocycles. The fraction of sp³-hybridized carbons (Fsp3) is 0.417. The maximum Gasteiger partial charge on any atom is 0.239 e. The molecule has 6 heteroatoms. The van der Waals surface area contributed by atoms with Gasteiger partial charge >= 0.3 is 0 Å². The molecular formula is C12H15BrN2O3. The molecule has 0 aromatic heterocycles. The second kappa shape index (κ2) is 5.58. The first-order valence-electron chi connectivity index (χ1n) is 5.69. The third-order valence-corrected chi connectivity index (χ3v) is 3.32. The molecule has 1 aliphatic heterocycles. The lowest BCUT2D eigenvalue weighted by molar-refractivity contribution is -0.120. The summed E-state index contributed by atoms with van der Waals surface area (Å²) in [5.41, 5.74) is 6.10. The van der Waals surface area contributed by atoms with E-state index in [9.17, 15) is 4.79 Å². The number of hydrogen-bond acceptors (Lipinski definition) is 4. The number of nitrogens with two attached hydrogens (primary N) is 1. The Morgan fingerprint density at radius 3 is 2.83 bits per heavy atom. The fourth-order valence-electron chi connectivity index (χ4n) is 1.89. The van der Waals surface area contributed by atoms with E-state index in [0.717, 1.165) is 16.5 Å². The molecule has 0 saturated heterocycles. The van der Waals surface area contributed by atoms with Gasteiger partial charge in [-0.1, -0.05) is 0 Å². The zero-order chi connectivity index (χ0) is 13.1. The van der Waals surface area contributed by atoms with Crippen molar-refractivity contribution in [3.05, 3.63) is 22.2 Å². The van der Waals surface area contributed by atoms with Gasteiger partial charge in [0.05, 0.1) is 17.7 Å². The summed E-state index contributed by atoms with van der Waals surface area (Å²) in [6.07, 6.45) is 0.835. The van der Waals surface area contributed by atoms with Crippen molar-refractivity contribution in [2.24, 2.45) is 5.73 Å². The van der Waals surface area contributed by atoms with Crippen molar-refractivity contribution in [2.45, 2.75) is 12.5 Å². The summed E-state index contributed by atoms with van der Waals surface area (Å²) in [5.74, 6) is 0.882. The minimum absolute atomic E-state index is 0.432. The lowest BCUT2D eigenvalue weighted by Gasteiger charge is -2.16. The normalized spacial score (nSPS) is 15.9. The Morgan fingerprint density at radius 2 is 2.17 bits per heavy atom. The SMILES string of the molecule is CNC(C(N)=O)c1cc(Br)c2c(c1)OCCCO2. The van der Waals surface area contributed by atoms with Crippen LogP contribution in [0.2, 0.25) is 0 Å². The number of hydrogen-bond donors (Lipinski definition) is 2. The summed E-state index contributed by atoms with van der Waals surface area (Å²) in [7, 11) is 1.69. The van der Waals surface area contributed by atoms with Crippen molar-refractivity contribution in [1.82, 2.24) is 5.32 Å². The Labute approximate surface area is 114 Å². The van der Waals surface area contributed by atoms with Crippen LogP contribution < -0.4 is 20.5 Å². The number of rotatable bonds is 3. The van der Waals surface area contributed by atoms with Gasteiger partial charge in [-0.05, 0) is 40.7 Å². The van der Waals surface area contributed by atoms with E-state index in [-0.39, 0.29) is 0 Å². The predicted molar refractivity (Wildman–Crippen MR) is 70.7 cm³/mol. The van der Waals surface area contributed by atoms with E-state index in [2.05, 4.69) is 21.2 Å². The van der Waals surface area contributed by atoms with E-state index < -0.39 is 11.9 Å². The molecule has 0 aliphatic carbocycles. The highest BCUT2D eigenvalue weighted by Gasteiger charge is 2.21. The number of likely N-dealkylation sites (N-methyl/N-ethyl adjacent to an activating group) is 1. The summed E-state index contributed by atoms with van der Waals surface area (Å²) < 4.78 is 12.0. The zero-order valence-electron chi connectivity index (χ0n) is 10.0. The summed E-state index contributed by atoms with van der Waals surface area (Å²) in [6.45, 7) is 1.22. The second-order valence-corrected chi connectivity index (χ2v) is 4.86. The minimum Gasteiger partial charge on any atom is -0.490 e. The van der Waals surface area contributed by atoms with Gasteiger partial charge in [0.1, 0.15) is 6.04 Å². The predicted octanol–water partition coefficient (Wildman–Crippen LogP) is 1.36. The number of halogens is 1. The Balaban J connectivity index is 2.42. The summed E-state index contributed by atoms with van der Waals surface area (Å²) in [4.78, 5) is 11.4. The van der Waals surface area contributed by atoms with Gasteiger partial charge in [-0.15, -0.1) is 0 Å². The van der Waals surface area contributed by atoms with Crippen LogP contribution in [0.3, 0.4) is 0 Å². The van der Waals surface area contributed by atoms with E-state index in [1.807, 2.05) is 6.07 Å². The third kappa shape index (κ3) is 2.59. The molecule has 1 atom stereocenters. The van der Waals surface area contributed by atoms with Crippen molar-refractivity contribution in [1.29, 1.82) is 0 Å². The Hall–Kier alpha value is -1.27. The average Bonchev–Trinajstić information content (AvgIpc) is 2.55. The van der Waals surface area contributed by atoms with Crippen LogP contribution in [0.15, 0.2) is 16.6 Å². The van der Waals surface area contributed by atoms with Gasteiger partial charge in [-0.25, -0.2) is 0 Å². The van der Waals surface area contributed by atoms with Crippen LogP contribution in [0.1, 0.15) is 18.0 Å². The number of carbonyl (C=O) groups excluding carboxylic acids is 1. The van der Waals surface area contributed by atoms with Crippen molar-refractivity contribution < 1.29 is 14.3 Å². The fourth-order valence-corrected chi connectivity index (χ4v) is 2.46. The molecule has 1 unspecified atom stereocenters. The van der Waals surface area contributed by atoms with Crippen LogP contribution in [-0.4, -0.2) is 26.2 Å². The van der Waals surface area contributed by atoms with Gasteiger partial charge < -0.3 is 20.5 Å². The van der Waals surface area contributed by atoms with Crippen LogP contribution in [-0.2, 0) is 4.79 Å². The number of amides is 1. The van der Waals surface area contributed by atoms with Crippen LogP contribution in [0, 0.1) is 0 Å². The smallest absolute Gasteiger partial charge is 0.239 e. The highest BCUT2D eigenvalue weighted by molar-refractivity contribution is 9.10. The Morgan fingerprint density at radius 1 is 1.44 bits per heavy atom. The Kier molecular flexibility index (Phi) is 4.08. The lowest BCUT2D eigenvalue weighted by Crippen LogP contribution is -2.31. The van der Waals surface area contributed by atoms with Crippen molar-refractivity contribution in [3.8, 4) is 11.5 Å². The molecule has 3 N–H and O–H groups in total. The minimum atomic E-state index is -0.543. The summed E-state index contributed by atoms with van der Waals surface area (Å²) in [5, 5.41) is 2.88. The molecule has 1 aromatic rings. The summed E-state index contributed by atoms with van der Waals surface area (Å²) in [6, 6.07) is 3.06. The zero-order valence-corrected chi connectivity index (χ0v) is 11.6. The van der Waals surface area contributed by atoms with Crippen LogP contribution in [0.5, 0.6) is 11.5 Å². The molecule has 5 nitrogen and oxygen atoms in total. The number of carbonyl (C=O) groups is 1. The van der Waals surface area contributed by atoms with Crippen LogP contribution in [0.4, 0.5) is 0 Å². The molecule has 1 heterocycles. The molecule has 0 spiro atoms. The molecule has 1 aliphatic rings. The average molecular weight is 315 g/mol. The van der Waals surface area contributed by atoms with Gasteiger partial charge in [-0.2, -0.15) is 0 Å². The topological polar surface area (TPSA) is 73.6 Å².